The standard InChI is InChI=1S/C10H9NO2/c1-11-5-7-2-3-9(12)8(4-7)10-6-13-10/h2-4,10H,6H2,1H3/p+1. The van der Waals surface area contributed by atoms with Crippen molar-refractivity contribution in [2.45, 2.75) is 6.10 Å². The van der Waals surface area contributed by atoms with Gasteiger partial charge in [-0.25, -0.2) is 0 Å². The van der Waals surface area contributed by atoms with Crippen LogP contribution in [0.25, 0.3) is 4.85 Å². The normalized spacial score (nSPS) is 19.0. The lowest BCUT2D eigenvalue weighted by atomic mass is 10.1. The summed E-state index contributed by atoms with van der Waals surface area (Å²) in [5.41, 5.74) is 1.69. The molecule has 1 unspecified atom stereocenters. The van der Waals surface area contributed by atoms with E-state index in [4.69, 9.17) is 4.74 Å². The Kier molecular flexibility index (Phi) is 1.91. The first kappa shape index (κ1) is 8.09. The van der Waals surface area contributed by atoms with Crippen molar-refractivity contribution in [2.75, 3.05) is 13.7 Å². The van der Waals surface area contributed by atoms with Crippen LogP contribution in [0, 0.1) is 6.07 Å². The van der Waals surface area contributed by atoms with E-state index in [1.54, 1.807) is 19.2 Å². The van der Waals surface area contributed by atoms with Crippen molar-refractivity contribution in [1.82, 2.24) is 0 Å². The summed E-state index contributed by atoms with van der Waals surface area (Å²) in [6.07, 6.45) is 0.0682. The number of epoxide rings is 1. The predicted octanol–water partition coefficient (Wildman–Crippen LogP) is 1.77. The Labute approximate surface area is 76.4 Å². The third-order valence-corrected chi connectivity index (χ3v) is 1.95. The number of hydrogen-bond acceptors (Lipinski definition) is 2. The van der Waals surface area contributed by atoms with Gasteiger partial charge in [0.25, 0.3) is 7.05 Å². The lowest BCUT2D eigenvalue weighted by Gasteiger charge is -1.98. The highest BCUT2D eigenvalue weighted by molar-refractivity contribution is 5.44. The smallest absolute Gasteiger partial charge is 0.310 e. The van der Waals surface area contributed by atoms with Gasteiger partial charge in [-0.05, 0) is 18.2 Å². The van der Waals surface area contributed by atoms with Gasteiger partial charge in [0.2, 0.25) is 0 Å². The first-order valence-corrected chi connectivity index (χ1v) is 4.10. The van der Waals surface area contributed by atoms with E-state index in [1.807, 2.05) is 6.07 Å². The number of aromatic hydroxyl groups is 1. The lowest BCUT2D eigenvalue weighted by Crippen LogP contribution is -1.84. The van der Waals surface area contributed by atoms with Gasteiger partial charge in [-0.15, -0.1) is 0 Å². The molecular weight excluding hydrogens is 166 g/mol. The van der Waals surface area contributed by atoms with Crippen molar-refractivity contribution in [3.05, 3.63) is 34.2 Å². The minimum Gasteiger partial charge on any atom is -0.508 e. The molecule has 0 radical (unpaired) electrons. The van der Waals surface area contributed by atoms with Crippen LogP contribution in [-0.2, 0) is 4.74 Å². The van der Waals surface area contributed by atoms with Crippen LogP contribution in [-0.4, -0.2) is 18.8 Å². The molecule has 0 amide bonds. The maximum absolute atomic E-state index is 9.48. The number of phenols is 1. The molecule has 1 aliphatic heterocycles. The van der Waals surface area contributed by atoms with E-state index in [-0.39, 0.29) is 11.9 Å². The topological polar surface area (TPSA) is 37.1 Å². The van der Waals surface area contributed by atoms with Crippen molar-refractivity contribution < 1.29 is 9.84 Å². The molecule has 1 aromatic rings. The lowest BCUT2D eigenvalue weighted by molar-refractivity contribution is 0.401. The second kappa shape index (κ2) is 3.08. The highest BCUT2D eigenvalue weighted by Gasteiger charge is 2.27. The maximum atomic E-state index is 9.48. The van der Waals surface area contributed by atoms with E-state index in [9.17, 15) is 5.11 Å². The summed E-state index contributed by atoms with van der Waals surface area (Å²) in [5.74, 6) is 0.282. The number of hydrogen-bond donors (Lipinski definition) is 1. The molecule has 13 heavy (non-hydrogen) atoms. The summed E-state index contributed by atoms with van der Waals surface area (Å²) in [6, 6.07) is 8.08. The van der Waals surface area contributed by atoms with E-state index in [0.29, 0.717) is 6.61 Å². The van der Waals surface area contributed by atoms with E-state index >= 15 is 0 Å². The predicted molar refractivity (Wildman–Crippen MR) is 49.1 cm³/mol. The van der Waals surface area contributed by atoms with Gasteiger partial charge in [0, 0.05) is 5.56 Å². The molecule has 1 atom stereocenters. The zero-order chi connectivity index (χ0) is 9.26. The second-order valence-electron chi connectivity index (χ2n) is 2.93. The van der Waals surface area contributed by atoms with Gasteiger partial charge in [-0.1, -0.05) is 4.85 Å². The van der Waals surface area contributed by atoms with Crippen LogP contribution in [0.1, 0.15) is 17.2 Å². The molecule has 3 nitrogen and oxygen atoms in total. The average molecular weight is 176 g/mol. The van der Waals surface area contributed by atoms with Crippen LogP contribution >= 0.6 is 0 Å². The minimum absolute atomic E-state index is 0.0682. The van der Waals surface area contributed by atoms with Crippen LogP contribution in [0.5, 0.6) is 5.75 Å². The second-order valence-corrected chi connectivity index (χ2v) is 2.93. The molecule has 0 saturated carbocycles. The zero-order valence-electron chi connectivity index (χ0n) is 7.32. The van der Waals surface area contributed by atoms with Gasteiger partial charge >= 0.3 is 6.07 Å². The van der Waals surface area contributed by atoms with Gasteiger partial charge in [0.15, 0.2) is 0 Å². The molecule has 0 bridgehead atoms. The molecule has 66 valence electrons. The van der Waals surface area contributed by atoms with E-state index in [0.717, 1.165) is 11.1 Å². The zero-order valence-corrected chi connectivity index (χ0v) is 7.32. The number of phenolic OH excluding ortho intramolecular Hbond substituents is 1. The molecule has 1 fully saturated rings. The fourth-order valence-electron chi connectivity index (χ4n) is 1.24. The SMILES string of the molecule is C[N+]#Cc1ccc(O)c(C2CO2)c1. The quantitative estimate of drug-likeness (QED) is 0.662. The highest BCUT2D eigenvalue weighted by Crippen LogP contribution is 2.35. The largest absolute Gasteiger partial charge is 0.508 e. The van der Waals surface area contributed by atoms with Gasteiger partial charge < -0.3 is 9.84 Å². The molecule has 0 spiro atoms. The summed E-state index contributed by atoms with van der Waals surface area (Å²) >= 11 is 0. The Bertz CT molecular complexity index is 386. The number of nitrogens with zero attached hydrogens (tertiary/aromatic N) is 1. The highest BCUT2D eigenvalue weighted by atomic mass is 16.6. The summed E-state index contributed by atoms with van der Waals surface area (Å²) in [7, 11) is 1.67. The van der Waals surface area contributed by atoms with Gasteiger partial charge in [0.05, 0.1) is 6.61 Å². The van der Waals surface area contributed by atoms with Crippen molar-refractivity contribution >= 4 is 0 Å². The van der Waals surface area contributed by atoms with Crippen molar-refractivity contribution in [1.29, 1.82) is 0 Å². The third kappa shape index (κ3) is 1.63. The van der Waals surface area contributed by atoms with Gasteiger partial charge in [-0.3, -0.25) is 0 Å². The Morgan fingerprint density at radius 1 is 1.62 bits per heavy atom. The molecule has 1 saturated heterocycles. The Morgan fingerprint density at radius 3 is 3.00 bits per heavy atom. The average Bonchev–Trinajstić information content (AvgIpc) is 2.92. The molecule has 1 aromatic carbocycles. The molecule has 2 rings (SSSR count). The monoisotopic (exact) mass is 176 g/mol. The van der Waals surface area contributed by atoms with Gasteiger partial charge in [-0.2, -0.15) is 0 Å². The summed E-state index contributed by atoms with van der Waals surface area (Å²) in [5, 5.41) is 9.48. The summed E-state index contributed by atoms with van der Waals surface area (Å²) in [4.78, 5) is 3.78. The molecule has 3 heteroatoms. The van der Waals surface area contributed by atoms with Crippen LogP contribution in [0.15, 0.2) is 18.2 Å². The van der Waals surface area contributed by atoms with E-state index in [2.05, 4.69) is 10.9 Å². The van der Waals surface area contributed by atoms with Crippen molar-refractivity contribution in [2.24, 2.45) is 0 Å². The summed E-state index contributed by atoms with van der Waals surface area (Å²) < 4.78 is 5.09. The number of ether oxygens (including phenoxy) is 1. The maximum Gasteiger partial charge on any atom is 0.310 e. The van der Waals surface area contributed by atoms with Crippen LogP contribution in [0.3, 0.4) is 0 Å². The third-order valence-electron chi connectivity index (χ3n) is 1.95. The molecule has 1 N–H and O–H groups in total. The first-order valence-electron chi connectivity index (χ1n) is 4.10. The molecule has 0 aliphatic carbocycles. The summed E-state index contributed by atoms with van der Waals surface area (Å²) in [6.45, 7) is 0.695. The minimum atomic E-state index is 0.0682. The molecule has 1 aliphatic rings. The molecule has 0 aromatic heterocycles. The molecule has 1 heterocycles. The fraction of sp³-hybridized carbons (Fsp3) is 0.300. The van der Waals surface area contributed by atoms with E-state index in [1.165, 1.54) is 0 Å². The van der Waals surface area contributed by atoms with Gasteiger partial charge in [0.1, 0.15) is 17.4 Å². The van der Waals surface area contributed by atoms with Crippen molar-refractivity contribution in [3.63, 3.8) is 0 Å². The fourth-order valence-corrected chi connectivity index (χ4v) is 1.24. The number of rotatable bonds is 1. The Hall–Kier alpha value is -1.53. The van der Waals surface area contributed by atoms with Crippen LogP contribution in [0.2, 0.25) is 0 Å². The molecular formula is C10H10NO2+. The number of benzene rings is 1. The first-order chi connectivity index (χ1) is 6.31. The van der Waals surface area contributed by atoms with Crippen LogP contribution < -0.4 is 0 Å². The van der Waals surface area contributed by atoms with Crippen LogP contribution in [0.4, 0.5) is 0 Å². The van der Waals surface area contributed by atoms with E-state index < -0.39 is 0 Å². The van der Waals surface area contributed by atoms with Crippen molar-refractivity contribution in [3.8, 4) is 11.8 Å². The Balaban J connectivity index is 2.39. The Morgan fingerprint density at radius 2 is 2.38 bits per heavy atom.